The van der Waals surface area contributed by atoms with E-state index in [0.29, 0.717) is 17.3 Å². The zero-order chi connectivity index (χ0) is 19.2. The summed E-state index contributed by atoms with van der Waals surface area (Å²) in [6.45, 7) is 4.75. The number of halogens is 1. The van der Waals surface area contributed by atoms with Gasteiger partial charge < -0.3 is 4.74 Å². The minimum absolute atomic E-state index is 0.161. The first-order valence-corrected chi connectivity index (χ1v) is 10.5. The molecule has 4 nitrogen and oxygen atoms in total. The van der Waals surface area contributed by atoms with Gasteiger partial charge in [0.05, 0.1) is 12.3 Å². The summed E-state index contributed by atoms with van der Waals surface area (Å²) in [6.07, 6.45) is 1.94. The molecule has 1 amide bonds. The van der Waals surface area contributed by atoms with Crippen LogP contribution in [-0.4, -0.2) is 17.5 Å². The zero-order valence-corrected chi connectivity index (χ0v) is 17.7. The van der Waals surface area contributed by atoms with Crippen LogP contribution in [-0.2, 0) is 6.42 Å². The van der Waals surface area contributed by atoms with Crippen molar-refractivity contribution in [3.63, 3.8) is 0 Å². The predicted molar refractivity (Wildman–Crippen MR) is 115 cm³/mol. The summed E-state index contributed by atoms with van der Waals surface area (Å²) in [7, 11) is 0. The molecular weight excluding hydrogens is 424 g/mol. The number of hydrogen-bond acceptors (Lipinski definition) is 4. The second kappa shape index (κ2) is 9.15. The second-order valence-corrected chi connectivity index (χ2v) is 7.96. The summed E-state index contributed by atoms with van der Waals surface area (Å²) < 4.78 is 6.38. The van der Waals surface area contributed by atoms with E-state index >= 15 is 0 Å². The van der Waals surface area contributed by atoms with Gasteiger partial charge in [-0.1, -0.05) is 35.3 Å². The van der Waals surface area contributed by atoms with Crippen LogP contribution in [0.5, 0.6) is 5.75 Å². The number of hydrogen-bond donors (Lipinski definition) is 1. The van der Waals surface area contributed by atoms with Crippen LogP contribution >= 0.6 is 27.3 Å². The molecule has 1 aromatic heterocycles. The van der Waals surface area contributed by atoms with Gasteiger partial charge in [-0.3, -0.25) is 10.1 Å². The van der Waals surface area contributed by atoms with E-state index in [4.69, 9.17) is 9.72 Å². The van der Waals surface area contributed by atoms with Crippen LogP contribution in [0.25, 0.3) is 11.3 Å². The van der Waals surface area contributed by atoms with Crippen molar-refractivity contribution in [1.29, 1.82) is 0 Å². The number of rotatable bonds is 7. The molecule has 0 atom stereocenters. The number of anilines is 1. The molecule has 0 aliphatic carbocycles. The van der Waals surface area contributed by atoms with Gasteiger partial charge in [0.1, 0.15) is 5.75 Å². The molecule has 2 aromatic carbocycles. The van der Waals surface area contributed by atoms with E-state index in [2.05, 4.69) is 28.2 Å². The van der Waals surface area contributed by atoms with Crippen LogP contribution in [0.1, 0.15) is 35.5 Å². The van der Waals surface area contributed by atoms with Crippen molar-refractivity contribution >= 4 is 38.3 Å². The van der Waals surface area contributed by atoms with Crippen LogP contribution < -0.4 is 10.1 Å². The van der Waals surface area contributed by atoms with E-state index < -0.39 is 0 Å². The van der Waals surface area contributed by atoms with Crippen LogP contribution in [0.3, 0.4) is 0 Å². The molecule has 27 heavy (non-hydrogen) atoms. The van der Waals surface area contributed by atoms with Gasteiger partial charge in [0.2, 0.25) is 0 Å². The van der Waals surface area contributed by atoms with Crippen molar-refractivity contribution in [3.05, 3.63) is 63.4 Å². The van der Waals surface area contributed by atoms with E-state index in [1.165, 1.54) is 16.2 Å². The Bertz CT molecular complexity index is 922. The second-order valence-electron chi connectivity index (χ2n) is 5.96. The zero-order valence-electron chi connectivity index (χ0n) is 15.3. The average molecular weight is 445 g/mol. The predicted octanol–water partition coefficient (Wildman–Crippen LogP) is 6.18. The van der Waals surface area contributed by atoms with Gasteiger partial charge in [-0.25, -0.2) is 4.98 Å². The summed E-state index contributed by atoms with van der Waals surface area (Å²) >= 11 is 4.93. The van der Waals surface area contributed by atoms with Gasteiger partial charge in [-0.2, -0.15) is 0 Å². The van der Waals surface area contributed by atoms with Crippen LogP contribution in [0.4, 0.5) is 5.13 Å². The minimum atomic E-state index is -0.161. The smallest absolute Gasteiger partial charge is 0.257 e. The van der Waals surface area contributed by atoms with Gasteiger partial charge in [-0.15, -0.1) is 11.3 Å². The Hall–Kier alpha value is -2.18. The van der Waals surface area contributed by atoms with E-state index in [0.717, 1.165) is 34.3 Å². The Morgan fingerprint density at radius 1 is 1.19 bits per heavy atom. The van der Waals surface area contributed by atoms with E-state index in [1.54, 1.807) is 12.1 Å². The lowest BCUT2D eigenvalue weighted by Crippen LogP contribution is -2.11. The van der Waals surface area contributed by atoms with Crippen molar-refractivity contribution in [2.75, 3.05) is 11.9 Å². The number of carbonyl (C=O) groups is 1. The van der Waals surface area contributed by atoms with Gasteiger partial charge in [-0.05, 0) is 55.8 Å². The molecular formula is C21H21BrN2O2S. The molecule has 1 N–H and O–H groups in total. The number of benzene rings is 2. The van der Waals surface area contributed by atoms with E-state index in [1.807, 2.05) is 43.3 Å². The number of ether oxygens (including phenoxy) is 1. The third-order valence-corrected chi connectivity index (χ3v) is 5.44. The monoisotopic (exact) mass is 444 g/mol. The molecule has 0 saturated heterocycles. The highest BCUT2D eigenvalue weighted by molar-refractivity contribution is 9.10. The van der Waals surface area contributed by atoms with Gasteiger partial charge in [0, 0.05) is 20.5 Å². The Kier molecular flexibility index (Phi) is 6.63. The lowest BCUT2D eigenvalue weighted by atomic mass is 10.1. The SMILES string of the molecule is CCCc1sc(NC(=O)c2cccc(Br)c2)nc1-c1ccc(OCC)cc1. The highest BCUT2D eigenvalue weighted by Crippen LogP contribution is 2.33. The fraction of sp³-hybridized carbons (Fsp3) is 0.238. The van der Waals surface area contributed by atoms with Crippen LogP contribution in [0.2, 0.25) is 0 Å². The first-order valence-electron chi connectivity index (χ1n) is 8.90. The first-order chi connectivity index (χ1) is 13.1. The molecule has 0 aliphatic heterocycles. The van der Waals surface area contributed by atoms with Crippen molar-refractivity contribution in [3.8, 4) is 17.0 Å². The van der Waals surface area contributed by atoms with Crippen molar-refractivity contribution < 1.29 is 9.53 Å². The Balaban J connectivity index is 1.85. The standard InChI is InChI=1S/C21H21BrN2O2S/c1-3-6-18-19(14-9-11-17(12-10-14)26-4-2)23-21(27-18)24-20(25)15-7-5-8-16(22)13-15/h5,7-13H,3-4,6H2,1-2H3,(H,23,24,25). The molecule has 3 rings (SSSR count). The van der Waals surface area contributed by atoms with E-state index in [9.17, 15) is 4.79 Å². The maximum atomic E-state index is 12.5. The van der Waals surface area contributed by atoms with Gasteiger partial charge in [0.25, 0.3) is 5.91 Å². The third-order valence-electron chi connectivity index (χ3n) is 3.92. The number of carbonyl (C=O) groups excluding carboxylic acids is 1. The van der Waals surface area contributed by atoms with Gasteiger partial charge >= 0.3 is 0 Å². The normalized spacial score (nSPS) is 10.6. The lowest BCUT2D eigenvalue weighted by Gasteiger charge is -2.05. The molecule has 1 heterocycles. The molecule has 0 bridgehead atoms. The van der Waals surface area contributed by atoms with Crippen LogP contribution in [0.15, 0.2) is 53.0 Å². The molecule has 3 aromatic rings. The molecule has 0 unspecified atom stereocenters. The average Bonchev–Trinajstić information content (AvgIpc) is 3.05. The summed E-state index contributed by atoms with van der Waals surface area (Å²) in [4.78, 5) is 18.4. The summed E-state index contributed by atoms with van der Waals surface area (Å²) in [5, 5.41) is 3.55. The molecule has 0 radical (unpaired) electrons. The number of aryl methyl sites for hydroxylation is 1. The molecule has 6 heteroatoms. The summed E-state index contributed by atoms with van der Waals surface area (Å²) in [5.41, 5.74) is 2.55. The molecule has 0 aliphatic rings. The summed E-state index contributed by atoms with van der Waals surface area (Å²) in [5.74, 6) is 0.683. The highest BCUT2D eigenvalue weighted by Gasteiger charge is 2.15. The Labute approximate surface area is 171 Å². The quantitative estimate of drug-likeness (QED) is 0.473. The molecule has 0 spiro atoms. The van der Waals surface area contributed by atoms with Gasteiger partial charge in [0.15, 0.2) is 5.13 Å². The Morgan fingerprint density at radius 2 is 1.96 bits per heavy atom. The fourth-order valence-electron chi connectivity index (χ4n) is 2.70. The first kappa shape index (κ1) is 19.6. The van der Waals surface area contributed by atoms with Crippen molar-refractivity contribution in [2.24, 2.45) is 0 Å². The minimum Gasteiger partial charge on any atom is -0.494 e. The molecule has 140 valence electrons. The number of nitrogens with one attached hydrogen (secondary N) is 1. The lowest BCUT2D eigenvalue weighted by molar-refractivity contribution is 0.102. The maximum absolute atomic E-state index is 12.5. The summed E-state index contributed by atoms with van der Waals surface area (Å²) in [6, 6.07) is 15.2. The molecule has 0 fully saturated rings. The fourth-order valence-corrected chi connectivity index (χ4v) is 4.18. The third kappa shape index (κ3) is 4.96. The van der Waals surface area contributed by atoms with Crippen molar-refractivity contribution in [2.45, 2.75) is 26.7 Å². The Morgan fingerprint density at radius 3 is 2.63 bits per heavy atom. The number of nitrogens with zero attached hydrogens (tertiary/aromatic N) is 1. The highest BCUT2D eigenvalue weighted by atomic mass is 79.9. The largest absolute Gasteiger partial charge is 0.494 e. The topological polar surface area (TPSA) is 51.2 Å². The number of thiazole rings is 1. The van der Waals surface area contributed by atoms with E-state index in [-0.39, 0.29) is 5.91 Å². The van der Waals surface area contributed by atoms with Crippen LogP contribution in [0, 0.1) is 0 Å². The van der Waals surface area contributed by atoms with Crippen molar-refractivity contribution in [1.82, 2.24) is 4.98 Å². The maximum Gasteiger partial charge on any atom is 0.257 e. The number of aromatic nitrogens is 1. The molecule has 0 saturated carbocycles. The number of amides is 1.